The van der Waals surface area contributed by atoms with Crippen molar-refractivity contribution in [1.82, 2.24) is 4.98 Å². The van der Waals surface area contributed by atoms with E-state index in [1.807, 2.05) is 6.20 Å². The highest BCUT2D eigenvalue weighted by atomic mass is 32.1. The first-order valence-corrected chi connectivity index (χ1v) is 6.88. The summed E-state index contributed by atoms with van der Waals surface area (Å²) in [6, 6.07) is 8.59. The van der Waals surface area contributed by atoms with Crippen LogP contribution in [0.5, 0.6) is 0 Å². The zero-order chi connectivity index (χ0) is 12.1. The van der Waals surface area contributed by atoms with Gasteiger partial charge in [-0.25, -0.2) is 4.98 Å². The maximum absolute atomic E-state index is 5.60. The van der Waals surface area contributed by atoms with Gasteiger partial charge in [-0.3, -0.25) is 0 Å². The average molecular weight is 246 g/mol. The highest BCUT2D eigenvalue weighted by Gasteiger charge is 2.12. The van der Waals surface area contributed by atoms with Crippen molar-refractivity contribution in [3.8, 4) is 0 Å². The molecule has 1 heterocycles. The molecule has 0 saturated heterocycles. The summed E-state index contributed by atoms with van der Waals surface area (Å²) < 4.78 is 0. The fourth-order valence-electron chi connectivity index (χ4n) is 1.94. The summed E-state index contributed by atoms with van der Waals surface area (Å²) in [4.78, 5) is 4.42. The van der Waals surface area contributed by atoms with Gasteiger partial charge in [-0.2, -0.15) is 0 Å². The summed E-state index contributed by atoms with van der Waals surface area (Å²) in [5.41, 5.74) is 8.15. The first kappa shape index (κ1) is 12.3. The molecule has 1 aromatic heterocycles. The maximum Gasteiger partial charge on any atom is 0.0959 e. The van der Waals surface area contributed by atoms with E-state index in [1.165, 1.54) is 16.1 Å². The van der Waals surface area contributed by atoms with Crippen LogP contribution in [-0.4, -0.2) is 4.98 Å². The Kier molecular flexibility index (Phi) is 4.29. The molecule has 1 aromatic carbocycles. The second kappa shape index (κ2) is 5.94. The molecule has 0 aliphatic rings. The third kappa shape index (κ3) is 3.14. The van der Waals surface area contributed by atoms with E-state index in [1.54, 1.807) is 11.3 Å². The molecule has 90 valence electrons. The van der Waals surface area contributed by atoms with Crippen LogP contribution in [0.2, 0.25) is 0 Å². The molecule has 2 rings (SSSR count). The molecule has 2 aromatic rings. The van der Waals surface area contributed by atoms with E-state index in [4.69, 9.17) is 5.73 Å². The van der Waals surface area contributed by atoms with Crippen LogP contribution >= 0.6 is 11.3 Å². The van der Waals surface area contributed by atoms with Crippen molar-refractivity contribution >= 4 is 11.3 Å². The van der Waals surface area contributed by atoms with Gasteiger partial charge in [0.25, 0.3) is 0 Å². The van der Waals surface area contributed by atoms with Gasteiger partial charge in [0.2, 0.25) is 0 Å². The molecular formula is C14H18N2S. The molecule has 1 atom stereocenters. The van der Waals surface area contributed by atoms with E-state index in [9.17, 15) is 0 Å². The summed E-state index contributed by atoms with van der Waals surface area (Å²) in [5, 5.41) is 3.30. The Balaban J connectivity index is 2.07. The van der Waals surface area contributed by atoms with Crippen molar-refractivity contribution < 1.29 is 0 Å². The Morgan fingerprint density at radius 2 is 1.94 bits per heavy atom. The van der Waals surface area contributed by atoms with Crippen LogP contribution in [0.15, 0.2) is 35.8 Å². The smallest absolute Gasteiger partial charge is 0.0959 e. The summed E-state index contributed by atoms with van der Waals surface area (Å²) >= 11 is 1.75. The van der Waals surface area contributed by atoms with Crippen LogP contribution in [0.3, 0.4) is 0 Å². The third-order valence-electron chi connectivity index (χ3n) is 3.03. The minimum absolute atomic E-state index is 0.540. The molecule has 17 heavy (non-hydrogen) atoms. The Morgan fingerprint density at radius 1 is 1.24 bits per heavy atom. The van der Waals surface area contributed by atoms with E-state index < -0.39 is 0 Å². The van der Waals surface area contributed by atoms with E-state index in [0.717, 1.165) is 12.8 Å². The molecule has 0 bridgehead atoms. The van der Waals surface area contributed by atoms with Crippen LogP contribution in [0.4, 0.5) is 0 Å². The molecule has 0 saturated carbocycles. The van der Waals surface area contributed by atoms with Crippen molar-refractivity contribution in [2.24, 2.45) is 5.73 Å². The lowest BCUT2D eigenvalue weighted by Gasteiger charge is -2.12. The van der Waals surface area contributed by atoms with E-state index in [0.29, 0.717) is 12.5 Å². The Bertz CT molecular complexity index is 434. The fraction of sp³-hybridized carbons (Fsp3) is 0.357. The summed E-state index contributed by atoms with van der Waals surface area (Å²) in [6.07, 6.45) is 4.08. The number of benzene rings is 1. The lowest BCUT2D eigenvalue weighted by Crippen LogP contribution is -2.02. The lowest BCUT2D eigenvalue weighted by atomic mass is 9.97. The van der Waals surface area contributed by atoms with Gasteiger partial charge in [0.1, 0.15) is 0 Å². The van der Waals surface area contributed by atoms with Gasteiger partial charge >= 0.3 is 0 Å². The summed E-state index contributed by atoms with van der Waals surface area (Å²) in [7, 11) is 0. The SMILES string of the molecule is CCC(Cc1ccc(CN)cc1)c1nccs1. The van der Waals surface area contributed by atoms with E-state index in [2.05, 4.69) is 41.6 Å². The minimum Gasteiger partial charge on any atom is -0.326 e. The lowest BCUT2D eigenvalue weighted by molar-refractivity contribution is 0.655. The van der Waals surface area contributed by atoms with Gasteiger partial charge in [0.05, 0.1) is 5.01 Å². The van der Waals surface area contributed by atoms with Gasteiger partial charge in [0.15, 0.2) is 0 Å². The van der Waals surface area contributed by atoms with Gasteiger partial charge in [0, 0.05) is 24.0 Å². The second-order valence-electron chi connectivity index (χ2n) is 4.20. The van der Waals surface area contributed by atoms with Crippen molar-refractivity contribution in [2.75, 3.05) is 0 Å². The standard InChI is InChI=1S/C14H18N2S/c1-2-13(14-16-7-8-17-14)9-11-3-5-12(10-15)6-4-11/h3-8,13H,2,9-10,15H2,1H3. The molecule has 0 aliphatic heterocycles. The first-order valence-electron chi connectivity index (χ1n) is 6.00. The number of rotatable bonds is 5. The molecule has 3 heteroatoms. The highest BCUT2D eigenvalue weighted by molar-refractivity contribution is 7.09. The van der Waals surface area contributed by atoms with Gasteiger partial charge in [-0.05, 0) is 24.0 Å². The molecule has 0 radical (unpaired) electrons. The quantitative estimate of drug-likeness (QED) is 0.878. The molecule has 2 nitrogen and oxygen atoms in total. The normalized spacial score (nSPS) is 12.6. The van der Waals surface area contributed by atoms with Crippen LogP contribution in [0, 0.1) is 0 Å². The molecule has 1 unspecified atom stereocenters. The van der Waals surface area contributed by atoms with Gasteiger partial charge in [-0.15, -0.1) is 11.3 Å². The minimum atomic E-state index is 0.540. The van der Waals surface area contributed by atoms with E-state index >= 15 is 0 Å². The predicted molar refractivity (Wildman–Crippen MR) is 73.2 cm³/mol. The average Bonchev–Trinajstić information content (AvgIpc) is 2.90. The Hall–Kier alpha value is -1.19. The van der Waals surface area contributed by atoms with Gasteiger partial charge < -0.3 is 5.73 Å². The molecule has 0 spiro atoms. The topological polar surface area (TPSA) is 38.9 Å². The molecule has 2 N–H and O–H groups in total. The van der Waals surface area contributed by atoms with Crippen LogP contribution < -0.4 is 5.73 Å². The van der Waals surface area contributed by atoms with Crippen LogP contribution in [0.1, 0.15) is 35.4 Å². The molecule has 0 amide bonds. The Morgan fingerprint density at radius 3 is 2.47 bits per heavy atom. The van der Waals surface area contributed by atoms with Crippen molar-refractivity contribution in [2.45, 2.75) is 32.2 Å². The van der Waals surface area contributed by atoms with Gasteiger partial charge in [-0.1, -0.05) is 31.2 Å². The molecule has 0 fully saturated rings. The van der Waals surface area contributed by atoms with E-state index in [-0.39, 0.29) is 0 Å². The largest absolute Gasteiger partial charge is 0.326 e. The second-order valence-corrected chi connectivity index (χ2v) is 5.13. The third-order valence-corrected chi connectivity index (χ3v) is 3.97. The van der Waals surface area contributed by atoms with Crippen molar-refractivity contribution in [3.63, 3.8) is 0 Å². The Labute approximate surface area is 107 Å². The van der Waals surface area contributed by atoms with Crippen molar-refractivity contribution in [3.05, 3.63) is 52.0 Å². The summed E-state index contributed by atoms with van der Waals surface area (Å²) in [6.45, 7) is 2.84. The maximum atomic E-state index is 5.60. The highest BCUT2D eigenvalue weighted by Crippen LogP contribution is 2.25. The number of hydrogen-bond acceptors (Lipinski definition) is 3. The zero-order valence-electron chi connectivity index (χ0n) is 10.1. The zero-order valence-corrected chi connectivity index (χ0v) is 10.9. The number of thiazole rings is 1. The first-order chi connectivity index (χ1) is 8.33. The summed E-state index contributed by atoms with van der Waals surface area (Å²) in [5.74, 6) is 0.540. The fourth-order valence-corrected chi connectivity index (χ4v) is 2.76. The number of nitrogens with zero attached hydrogens (tertiary/aromatic N) is 1. The number of aromatic nitrogens is 1. The monoisotopic (exact) mass is 246 g/mol. The molecule has 0 aliphatic carbocycles. The van der Waals surface area contributed by atoms with Crippen LogP contribution in [0.25, 0.3) is 0 Å². The number of nitrogens with two attached hydrogens (primary N) is 1. The van der Waals surface area contributed by atoms with Crippen LogP contribution in [-0.2, 0) is 13.0 Å². The predicted octanol–water partition coefficient (Wildman–Crippen LogP) is 3.34. The van der Waals surface area contributed by atoms with Crippen molar-refractivity contribution in [1.29, 1.82) is 0 Å². The number of hydrogen-bond donors (Lipinski definition) is 1. The molecular weight excluding hydrogens is 228 g/mol.